The molecule has 24 heavy (non-hydrogen) atoms. The van der Waals surface area contributed by atoms with Gasteiger partial charge in [0, 0.05) is 11.9 Å². The number of carbonyl (C=O) groups excluding carboxylic acids is 1. The Morgan fingerprint density at radius 1 is 1.33 bits per heavy atom. The van der Waals surface area contributed by atoms with Gasteiger partial charge in [0.1, 0.15) is 11.4 Å². The molecule has 3 N–H and O–H groups in total. The number of benzene rings is 1. The second-order valence-electron chi connectivity index (χ2n) is 5.95. The minimum absolute atomic E-state index is 0.0642. The number of halogens is 1. The van der Waals surface area contributed by atoms with Gasteiger partial charge in [-0.15, -0.1) is 0 Å². The zero-order chi connectivity index (χ0) is 17.1. The number of aromatic nitrogens is 2. The lowest BCUT2D eigenvalue weighted by molar-refractivity contribution is 0.100. The molecule has 0 aliphatic heterocycles. The largest absolute Gasteiger partial charge is 0.365 e. The van der Waals surface area contributed by atoms with Gasteiger partial charge in [-0.2, -0.15) is 10.4 Å². The summed E-state index contributed by atoms with van der Waals surface area (Å²) in [5.41, 5.74) is 6.30. The number of rotatable bonds is 4. The summed E-state index contributed by atoms with van der Waals surface area (Å²) < 4.78 is 14.7. The van der Waals surface area contributed by atoms with Crippen LogP contribution in [0.3, 0.4) is 0 Å². The van der Waals surface area contributed by atoms with Gasteiger partial charge in [0.05, 0.1) is 18.0 Å². The molecule has 0 radical (unpaired) electrons. The van der Waals surface area contributed by atoms with Crippen LogP contribution in [-0.4, -0.2) is 15.7 Å². The molecule has 1 aromatic heterocycles. The number of nitriles is 1. The quantitative estimate of drug-likeness (QED) is 0.901. The highest BCUT2D eigenvalue weighted by atomic mass is 19.1. The van der Waals surface area contributed by atoms with E-state index in [9.17, 15) is 14.4 Å². The molecule has 1 aromatic carbocycles. The fourth-order valence-electron chi connectivity index (χ4n) is 3.08. The van der Waals surface area contributed by atoms with Crippen molar-refractivity contribution in [3.05, 3.63) is 41.8 Å². The highest BCUT2D eigenvalue weighted by Crippen LogP contribution is 2.34. The third-order valence-corrected chi connectivity index (χ3v) is 4.34. The van der Waals surface area contributed by atoms with Crippen LogP contribution in [0, 0.1) is 23.1 Å². The van der Waals surface area contributed by atoms with Crippen LogP contribution in [0.15, 0.2) is 30.5 Å². The van der Waals surface area contributed by atoms with Gasteiger partial charge in [-0.3, -0.25) is 9.48 Å². The van der Waals surface area contributed by atoms with E-state index in [1.807, 2.05) is 0 Å². The van der Waals surface area contributed by atoms with E-state index < -0.39 is 5.91 Å². The van der Waals surface area contributed by atoms with Crippen LogP contribution in [0.4, 0.5) is 15.9 Å². The molecule has 1 aliphatic rings. The zero-order valence-corrected chi connectivity index (χ0v) is 13.1. The van der Waals surface area contributed by atoms with Gasteiger partial charge < -0.3 is 11.1 Å². The van der Waals surface area contributed by atoms with E-state index in [-0.39, 0.29) is 23.3 Å². The van der Waals surface area contributed by atoms with Crippen molar-refractivity contribution in [1.82, 2.24) is 9.78 Å². The minimum Gasteiger partial charge on any atom is -0.365 e. The minimum atomic E-state index is -0.602. The lowest BCUT2D eigenvalue weighted by atomic mass is 9.85. The van der Waals surface area contributed by atoms with Crippen molar-refractivity contribution in [2.45, 2.75) is 31.7 Å². The molecule has 1 saturated carbocycles. The van der Waals surface area contributed by atoms with Crippen LogP contribution in [0.5, 0.6) is 0 Å². The van der Waals surface area contributed by atoms with Gasteiger partial charge in [0.2, 0.25) is 0 Å². The molecule has 0 bridgehead atoms. The summed E-state index contributed by atoms with van der Waals surface area (Å²) in [5, 5.41) is 16.8. The third-order valence-electron chi connectivity index (χ3n) is 4.34. The Balaban J connectivity index is 1.91. The molecule has 6 nitrogen and oxygen atoms in total. The number of primary amides is 1. The molecule has 0 saturated heterocycles. The van der Waals surface area contributed by atoms with Crippen molar-refractivity contribution in [3.63, 3.8) is 0 Å². The van der Waals surface area contributed by atoms with E-state index in [2.05, 4.69) is 16.5 Å². The number of anilines is 2. The molecule has 0 unspecified atom stereocenters. The summed E-state index contributed by atoms with van der Waals surface area (Å²) in [6.45, 7) is 0. The molecule has 1 fully saturated rings. The highest BCUT2D eigenvalue weighted by molar-refractivity contribution is 5.98. The first-order chi connectivity index (χ1) is 11.6. The lowest BCUT2D eigenvalue weighted by Gasteiger charge is -2.26. The van der Waals surface area contributed by atoms with Crippen molar-refractivity contribution < 1.29 is 9.18 Å². The molecular weight excluding hydrogens is 309 g/mol. The fraction of sp³-hybridized carbons (Fsp3) is 0.353. The highest BCUT2D eigenvalue weighted by Gasteiger charge is 2.28. The van der Waals surface area contributed by atoms with Crippen LogP contribution in [0.1, 0.15) is 42.1 Å². The average molecular weight is 327 g/mol. The van der Waals surface area contributed by atoms with Crippen LogP contribution >= 0.6 is 0 Å². The van der Waals surface area contributed by atoms with E-state index >= 15 is 0 Å². The maximum absolute atomic E-state index is 13.0. The van der Waals surface area contributed by atoms with Gasteiger partial charge in [0.25, 0.3) is 5.91 Å². The number of carbonyl (C=O) groups is 1. The Morgan fingerprint density at radius 2 is 2.04 bits per heavy atom. The van der Waals surface area contributed by atoms with Crippen molar-refractivity contribution in [2.75, 3.05) is 5.32 Å². The Labute approximate surface area is 139 Å². The average Bonchev–Trinajstić information content (AvgIpc) is 3.01. The molecule has 1 heterocycles. The SMILES string of the molecule is N#C[C@@H]1CCCC[C@@H]1n1cc(C(N)=O)c(Nc2ccc(F)cc2)n1. The second-order valence-corrected chi connectivity index (χ2v) is 5.95. The summed E-state index contributed by atoms with van der Waals surface area (Å²) in [7, 11) is 0. The first-order valence-corrected chi connectivity index (χ1v) is 7.89. The second kappa shape index (κ2) is 6.71. The topological polar surface area (TPSA) is 96.7 Å². The van der Waals surface area contributed by atoms with E-state index in [4.69, 9.17) is 5.73 Å². The van der Waals surface area contributed by atoms with Gasteiger partial charge in [-0.1, -0.05) is 12.8 Å². The van der Waals surface area contributed by atoms with Crippen molar-refractivity contribution in [1.29, 1.82) is 5.26 Å². The van der Waals surface area contributed by atoms with Crippen molar-refractivity contribution in [3.8, 4) is 6.07 Å². The molecule has 124 valence electrons. The number of amides is 1. The number of nitrogens with one attached hydrogen (secondary N) is 1. The number of hydrogen-bond donors (Lipinski definition) is 2. The standard InChI is InChI=1S/C17H18FN5O/c18-12-5-7-13(8-6-12)21-17-14(16(20)24)10-23(22-17)15-4-2-1-3-11(15)9-19/h5-8,10-11,15H,1-4H2,(H2,20,24)(H,21,22)/t11-,15-/m0/s1. The summed E-state index contributed by atoms with van der Waals surface area (Å²) in [4.78, 5) is 11.7. The van der Waals surface area contributed by atoms with E-state index in [1.165, 1.54) is 12.1 Å². The summed E-state index contributed by atoms with van der Waals surface area (Å²) in [6, 6.07) is 8.00. The fourth-order valence-corrected chi connectivity index (χ4v) is 3.08. The summed E-state index contributed by atoms with van der Waals surface area (Å²) >= 11 is 0. The summed E-state index contributed by atoms with van der Waals surface area (Å²) in [5.74, 6) is -0.759. The first kappa shape index (κ1) is 16.0. The Morgan fingerprint density at radius 3 is 2.71 bits per heavy atom. The predicted molar refractivity (Wildman–Crippen MR) is 87.0 cm³/mol. The van der Waals surface area contributed by atoms with Crippen LogP contribution in [0.25, 0.3) is 0 Å². The first-order valence-electron chi connectivity index (χ1n) is 7.89. The Hall–Kier alpha value is -2.88. The molecule has 1 aliphatic carbocycles. The van der Waals surface area contributed by atoms with Gasteiger partial charge >= 0.3 is 0 Å². The van der Waals surface area contributed by atoms with Gasteiger partial charge in [0.15, 0.2) is 5.82 Å². The predicted octanol–water partition coefficient (Wildman–Crippen LogP) is 3.12. The Kier molecular flexibility index (Phi) is 4.47. The Bertz CT molecular complexity index is 777. The molecule has 0 spiro atoms. The van der Waals surface area contributed by atoms with Gasteiger partial charge in [-0.05, 0) is 37.1 Å². The van der Waals surface area contributed by atoms with Crippen LogP contribution in [0.2, 0.25) is 0 Å². The molecule has 3 rings (SSSR count). The summed E-state index contributed by atoms with van der Waals surface area (Å²) in [6.07, 6.45) is 5.31. The lowest BCUT2D eigenvalue weighted by Crippen LogP contribution is -2.22. The van der Waals surface area contributed by atoms with Crippen molar-refractivity contribution >= 4 is 17.4 Å². The number of hydrogen-bond acceptors (Lipinski definition) is 4. The van der Waals surface area contributed by atoms with E-state index in [0.717, 1.165) is 25.7 Å². The number of nitrogens with two attached hydrogens (primary N) is 1. The maximum Gasteiger partial charge on any atom is 0.254 e. The van der Waals surface area contributed by atoms with E-state index in [0.29, 0.717) is 11.5 Å². The van der Waals surface area contributed by atoms with Gasteiger partial charge in [-0.25, -0.2) is 4.39 Å². The third kappa shape index (κ3) is 3.23. The molecule has 2 aromatic rings. The van der Waals surface area contributed by atoms with Crippen LogP contribution in [-0.2, 0) is 0 Å². The maximum atomic E-state index is 13.0. The number of nitrogens with zero attached hydrogens (tertiary/aromatic N) is 3. The molecule has 2 atom stereocenters. The zero-order valence-electron chi connectivity index (χ0n) is 13.1. The van der Waals surface area contributed by atoms with Crippen molar-refractivity contribution in [2.24, 2.45) is 11.7 Å². The molecular formula is C17H18FN5O. The normalized spacial score (nSPS) is 20.3. The smallest absolute Gasteiger partial charge is 0.254 e. The molecule has 7 heteroatoms. The molecule has 1 amide bonds. The van der Waals surface area contributed by atoms with E-state index in [1.54, 1.807) is 23.0 Å². The van der Waals surface area contributed by atoms with Crippen LogP contribution < -0.4 is 11.1 Å². The monoisotopic (exact) mass is 327 g/mol.